The van der Waals surface area contributed by atoms with Gasteiger partial charge in [-0.15, -0.1) is 0 Å². The Morgan fingerprint density at radius 2 is 1.50 bits per heavy atom. The highest BCUT2D eigenvalue weighted by atomic mass is 28.4. The summed E-state index contributed by atoms with van der Waals surface area (Å²) in [5.41, 5.74) is 0.841. The van der Waals surface area contributed by atoms with Crippen molar-refractivity contribution in [2.45, 2.75) is 162 Å². The lowest BCUT2D eigenvalue weighted by molar-refractivity contribution is -0.144. The molecule has 1 aliphatic rings. The minimum Gasteiger partial charge on any atom is -0.518 e. The topological polar surface area (TPSA) is 90.9 Å². The van der Waals surface area contributed by atoms with Crippen molar-refractivity contribution in [3.63, 3.8) is 0 Å². The molecule has 7 nitrogen and oxygen atoms in total. The summed E-state index contributed by atoms with van der Waals surface area (Å²) >= 11 is 0. The van der Waals surface area contributed by atoms with Crippen LogP contribution in [0.1, 0.15) is 109 Å². The van der Waals surface area contributed by atoms with E-state index < -0.39 is 28.7 Å². The van der Waals surface area contributed by atoms with Crippen molar-refractivity contribution in [1.82, 2.24) is 5.32 Å². The Hall–Kier alpha value is -1.30. The smallest absolute Gasteiger partial charge is 0.298 e. The van der Waals surface area contributed by atoms with E-state index in [0.29, 0.717) is 6.42 Å². The standard InChI is InChI=1S/C33H63NO6Si2/c1-15-16-27(35)19-28-18-17-25(8)29(38-28)20-31(36)34-21-30(39-41(13,14)33(10,11)12)26(9)32(37)40-42(22(2)3,23(4)5)24(6)7/h15-16,22-26,28-30H,17-21H2,1-14H3,(H,34,36)/b16-15+/t25-,26+,28-,29+,30-/m0/s1. The Morgan fingerprint density at radius 1 is 0.952 bits per heavy atom. The molecule has 0 aromatic rings. The van der Waals surface area contributed by atoms with Gasteiger partial charge in [0.2, 0.25) is 5.91 Å². The van der Waals surface area contributed by atoms with Crippen molar-refractivity contribution in [2.75, 3.05) is 6.54 Å². The quantitative estimate of drug-likeness (QED) is 0.147. The van der Waals surface area contributed by atoms with Gasteiger partial charge in [0.15, 0.2) is 14.1 Å². The summed E-state index contributed by atoms with van der Waals surface area (Å²) < 4.78 is 19.5. The van der Waals surface area contributed by atoms with Crippen molar-refractivity contribution in [3.8, 4) is 0 Å². The van der Waals surface area contributed by atoms with Crippen LogP contribution in [-0.4, -0.2) is 59.2 Å². The SMILES string of the molecule is C/C=C/C(=O)C[C@@H]1CC[C@H](C)[C@@H](CC(=O)NC[C@H](O[Si](C)(C)C(C)(C)C)[C@@H](C)C(=O)O[Si](C(C)C)(C(C)C)C(C)C)O1. The number of amides is 1. The van der Waals surface area contributed by atoms with Gasteiger partial charge in [-0.25, -0.2) is 0 Å². The van der Waals surface area contributed by atoms with E-state index in [2.05, 4.69) is 87.6 Å². The molecule has 0 aromatic carbocycles. The van der Waals surface area contributed by atoms with Crippen LogP contribution in [0.2, 0.25) is 34.8 Å². The third-order valence-electron chi connectivity index (χ3n) is 9.78. The van der Waals surface area contributed by atoms with E-state index in [1.807, 2.05) is 13.8 Å². The predicted molar refractivity (Wildman–Crippen MR) is 177 cm³/mol. The second-order valence-electron chi connectivity index (χ2n) is 15.0. The maximum absolute atomic E-state index is 13.8. The lowest BCUT2D eigenvalue weighted by Crippen LogP contribution is -2.54. The molecular weight excluding hydrogens is 563 g/mol. The third-order valence-corrected chi connectivity index (χ3v) is 20.3. The van der Waals surface area contributed by atoms with Crippen LogP contribution in [0.4, 0.5) is 0 Å². The van der Waals surface area contributed by atoms with Crippen LogP contribution < -0.4 is 5.32 Å². The van der Waals surface area contributed by atoms with Gasteiger partial charge in [-0.2, -0.15) is 0 Å². The van der Waals surface area contributed by atoms with E-state index >= 15 is 0 Å². The van der Waals surface area contributed by atoms with E-state index in [9.17, 15) is 14.4 Å². The molecule has 0 spiro atoms. The molecule has 1 amide bonds. The molecule has 244 valence electrons. The number of ketones is 1. The summed E-state index contributed by atoms with van der Waals surface area (Å²) in [4.78, 5) is 39.1. The molecule has 1 heterocycles. The molecule has 1 N–H and O–H groups in total. The summed E-state index contributed by atoms with van der Waals surface area (Å²) in [5.74, 6) is -0.626. The number of rotatable bonds is 15. The molecule has 1 saturated heterocycles. The third kappa shape index (κ3) is 10.4. The number of ether oxygens (including phenoxy) is 1. The van der Waals surface area contributed by atoms with Crippen molar-refractivity contribution < 1.29 is 28.0 Å². The number of nitrogens with one attached hydrogen (secondary N) is 1. The molecule has 0 aliphatic carbocycles. The first-order valence-corrected chi connectivity index (χ1v) is 21.2. The molecular formula is C33H63NO6Si2. The fraction of sp³-hybridized carbons (Fsp3) is 0.848. The van der Waals surface area contributed by atoms with Crippen LogP contribution in [0, 0.1) is 11.8 Å². The van der Waals surface area contributed by atoms with E-state index in [1.54, 1.807) is 12.2 Å². The zero-order valence-electron chi connectivity index (χ0n) is 29.3. The number of hydrogen-bond donors (Lipinski definition) is 1. The van der Waals surface area contributed by atoms with E-state index in [0.717, 1.165) is 12.8 Å². The van der Waals surface area contributed by atoms with Crippen molar-refractivity contribution in [2.24, 2.45) is 11.8 Å². The number of hydrogen-bond acceptors (Lipinski definition) is 6. The maximum atomic E-state index is 13.8. The highest BCUT2D eigenvalue weighted by Crippen LogP contribution is 2.43. The Bertz CT molecular complexity index is 902. The van der Waals surface area contributed by atoms with E-state index in [1.165, 1.54) is 0 Å². The minimum atomic E-state index is -2.43. The fourth-order valence-corrected chi connectivity index (χ4v) is 12.7. The zero-order chi connectivity index (χ0) is 32.6. The van der Waals surface area contributed by atoms with Crippen LogP contribution in [0.25, 0.3) is 0 Å². The van der Waals surface area contributed by atoms with E-state index in [4.69, 9.17) is 13.6 Å². The fourth-order valence-electron chi connectivity index (χ4n) is 6.08. The van der Waals surface area contributed by atoms with E-state index in [-0.39, 0.29) is 70.4 Å². The molecule has 1 aliphatic heterocycles. The first-order chi connectivity index (χ1) is 19.2. The molecule has 42 heavy (non-hydrogen) atoms. The normalized spacial score (nSPS) is 22.1. The molecule has 0 aromatic heterocycles. The van der Waals surface area contributed by atoms with Gasteiger partial charge in [0.05, 0.1) is 30.7 Å². The molecule has 0 bridgehead atoms. The molecule has 9 heteroatoms. The molecule has 0 radical (unpaired) electrons. The summed E-state index contributed by atoms with van der Waals surface area (Å²) in [6, 6.07) is 0. The molecule has 1 fully saturated rings. The highest BCUT2D eigenvalue weighted by molar-refractivity contribution is 6.79. The Kier molecular flexibility index (Phi) is 14.9. The average molecular weight is 626 g/mol. The first kappa shape index (κ1) is 38.7. The summed E-state index contributed by atoms with van der Waals surface area (Å²) in [7, 11) is -4.69. The number of carbonyl (C=O) groups excluding carboxylic acids is 3. The molecule has 1 rings (SSSR count). The van der Waals surface area contributed by atoms with Crippen molar-refractivity contribution in [1.29, 1.82) is 0 Å². The number of allylic oxidation sites excluding steroid dienone is 2. The largest absolute Gasteiger partial charge is 0.518 e. The Balaban J connectivity index is 3.09. The summed E-state index contributed by atoms with van der Waals surface area (Å²) in [6.07, 6.45) is 4.69. The first-order valence-electron chi connectivity index (χ1n) is 16.2. The second kappa shape index (κ2) is 16.1. The van der Waals surface area contributed by atoms with Gasteiger partial charge >= 0.3 is 0 Å². The maximum Gasteiger partial charge on any atom is 0.298 e. The molecule has 0 saturated carbocycles. The summed E-state index contributed by atoms with van der Waals surface area (Å²) in [5, 5.41) is 3.01. The van der Waals surface area contributed by atoms with Crippen LogP contribution in [0.5, 0.6) is 0 Å². The summed E-state index contributed by atoms with van der Waals surface area (Å²) in [6.45, 7) is 29.9. The van der Waals surface area contributed by atoms with Gasteiger partial charge < -0.3 is 18.9 Å². The van der Waals surface area contributed by atoms with Gasteiger partial charge in [0, 0.05) is 13.0 Å². The monoisotopic (exact) mass is 625 g/mol. The van der Waals surface area contributed by atoms with Gasteiger partial charge in [-0.3, -0.25) is 14.4 Å². The van der Waals surface area contributed by atoms with Crippen molar-refractivity contribution >= 4 is 34.3 Å². The van der Waals surface area contributed by atoms with Crippen LogP contribution in [0.3, 0.4) is 0 Å². The molecule has 5 atom stereocenters. The Labute approximate surface area is 259 Å². The predicted octanol–water partition coefficient (Wildman–Crippen LogP) is 7.96. The molecule has 0 unspecified atom stereocenters. The van der Waals surface area contributed by atoms with Gasteiger partial charge in [0.25, 0.3) is 14.3 Å². The van der Waals surface area contributed by atoms with Crippen LogP contribution in [0.15, 0.2) is 12.2 Å². The highest BCUT2D eigenvalue weighted by Gasteiger charge is 2.50. The second-order valence-corrected chi connectivity index (χ2v) is 25.1. The minimum absolute atomic E-state index is 0.0474. The zero-order valence-corrected chi connectivity index (χ0v) is 31.3. The lowest BCUT2D eigenvalue weighted by atomic mass is 9.90. The number of carbonyl (C=O) groups is 3. The Morgan fingerprint density at radius 3 is 1.98 bits per heavy atom. The van der Waals surface area contributed by atoms with Crippen molar-refractivity contribution in [3.05, 3.63) is 12.2 Å². The van der Waals surface area contributed by atoms with Crippen LogP contribution >= 0.6 is 0 Å². The van der Waals surface area contributed by atoms with Gasteiger partial charge in [-0.05, 0) is 73.4 Å². The van der Waals surface area contributed by atoms with Gasteiger partial charge in [-0.1, -0.05) is 75.3 Å². The van der Waals surface area contributed by atoms with Gasteiger partial charge in [0.1, 0.15) is 0 Å². The average Bonchev–Trinajstić information content (AvgIpc) is 2.85. The lowest BCUT2D eigenvalue weighted by Gasteiger charge is -2.44. The van der Waals surface area contributed by atoms with Crippen LogP contribution in [-0.2, 0) is 28.0 Å².